The number of amides is 1. The zero-order chi connectivity index (χ0) is 14.7. The molecule has 6 nitrogen and oxygen atoms in total. The fourth-order valence-corrected chi connectivity index (χ4v) is 2.34. The molecule has 1 amide bonds. The summed E-state index contributed by atoms with van der Waals surface area (Å²) in [7, 11) is 0. The summed E-state index contributed by atoms with van der Waals surface area (Å²) in [6.45, 7) is 2.82. The van der Waals surface area contributed by atoms with E-state index in [0.717, 1.165) is 37.6 Å². The lowest BCUT2D eigenvalue weighted by Crippen LogP contribution is -2.46. The average Bonchev–Trinajstić information content (AvgIpc) is 2.37. The van der Waals surface area contributed by atoms with Crippen molar-refractivity contribution in [1.29, 1.82) is 0 Å². The highest BCUT2D eigenvalue weighted by Crippen LogP contribution is 2.17. The standard InChI is InChI=1S/C13H16FN3O3.ClH/c1-8-4-11(2-3-15-8)16-13(18)9-5-10(14)7-12(6-9)17(19)20;/h5-8,11,15H,2-4H2,1H3,(H,16,18);1H. The van der Waals surface area contributed by atoms with Crippen molar-refractivity contribution in [1.82, 2.24) is 10.6 Å². The lowest BCUT2D eigenvalue weighted by atomic mass is 10.00. The van der Waals surface area contributed by atoms with E-state index >= 15 is 0 Å². The molecule has 1 aliphatic rings. The third-order valence-electron chi connectivity index (χ3n) is 3.31. The monoisotopic (exact) mass is 317 g/mol. The zero-order valence-electron chi connectivity index (χ0n) is 11.5. The van der Waals surface area contributed by atoms with Crippen molar-refractivity contribution < 1.29 is 14.1 Å². The van der Waals surface area contributed by atoms with Crippen LogP contribution in [0, 0.1) is 15.9 Å². The Labute approximate surface area is 127 Å². The number of nitrogens with zero attached hydrogens (tertiary/aromatic N) is 1. The van der Waals surface area contributed by atoms with Crippen molar-refractivity contribution >= 4 is 24.0 Å². The van der Waals surface area contributed by atoms with Crippen LogP contribution >= 0.6 is 12.4 Å². The Hall–Kier alpha value is -1.73. The maximum Gasteiger partial charge on any atom is 0.273 e. The summed E-state index contributed by atoms with van der Waals surface area (Å²) in [4.78, 5) is 22.0. The van der Waals surface area contributed by atoms with Gasteiger partial charge in [-0.2, -0.15) is 0 Å². The number of carbonyl (C=O) groups excluding carboxylic acids is 1. The second-order valence-electron chi connectivity index (χ2n) is 5.01. The van der Waals surface area contributed by atoms with E-state index in [9.17, 15) is 19.3 Å². The number of rotatable bonds is 3. The van der Waals surface area contributed by atoms with Gasteiger partial charge in [-0.1, -0.05) is 0 Å². The van der Waals surface area contributed by atoms with Crippen molar-refractivity contribution in [3.05, 3.63) is 39.7 Å². The minimum atomic E-state index is -0.789. The number of benzene rings is 1. The van der Waals surface area contributed by atoms with Gasteiger partial charge in [0.25, 0.3) is 11.6 Å². The van der Waals surface area contributed by atoms with Crippen LogP contribution in [0.3, 0.4) is 0 Å². The predicted molar refractivity (Wildman–Crippen MR) is 78.3 cm³/mol. The van der Waals surface area contributed by atoms with Gasteiger partial charge in [0, 0.05) is 23.7 Å². The quantitative estimate of drug-likeness (QED) is 0.660. The molecule has 2 N–H and O–H groups in total. The Morgan fingerprint density at radius 3 is 2.81 bits per heavy atom. The summed E-state index contributed by atoms with van der Waals surface area (Å²) in [6, 6.07) is 3.19. The summed E-state index contributed by atoms with van der Waals surface area (Å²) in [5.74, 6) is -1.27. The Morgan fingerprint density at radius 1 is 1.48 bits per heavy atom. The molecule has 2 atom stereocenters. The molecule has 2 unspecified atom stereocenters. The zero-order valence-corrected chi connectivity index (χ0v) is 12.3. The Bertz CT molecular complexity index is 541. The number of halogens is 2. The minimum Gasteiger partial charge on any atom is -0.349 e. The van der Waals surface area contributed by atoms with Gasteiger partial charge in [0.15, 0.2) is 0 Å². The Morgan fingerprint density at radius 2 is 2.19 bits per heavy atom. The van der Waals surface area contributed by atoms with Crippen molar-refractivity contribution in [2.24, 2.45) is 0 Å². The third-order valence-corrected chi connectivity index (χ3v) is 3.31. The third kappa shape index (κ3) is 4.64. The highest BCUT2D eigenvalue weighted by Gasteiger charge is 2.22. The molecule has 1 heterocycles. The summed E-state index contributed by atoms with van der Waals surface area (Å²) < 4.78 is 13.3. The van der Waals surface area contributed by atoms with Gasteiger partial charge < -0.3 is 10.6 Å². The number of piperidine rings is 1. The van der Waals surface area contributed by atoms with E-state index in [1.165, 1.54) is 0 Å². The SMILES string of the molecule is CC1CC(NC(=O)c2cc(F)cc([N+](=O)[O-])c2)CCN1.Cl. The molecule has 0 radical (unpaired) electrons. The fraction of sp³-hybridized carbons (Fsp3) is 0.462. The smallest absolute Gasteiger partial charge is 0.273 e. The number of nitro benzene ring substituents is 1. The minimum absolute atomic E-state index is 0. The highest BCUT2D eigenvalue weighted by molar-refractivity contribution is 5.95. The molecule has 116 valence electrons. The van der Waals surface area contributed by atoms with Crippen LogP contribution in [0.1, 0.15) is 30.1 Å². The largest absolute Gasteiger partial charge is 0.349 e. The van der Waals surface area contributed by atoms with E-state index in [2.05, 4.69) is 10.6 Å². The molecule has 1 fully saturated rings. The van der Waals surface area contributed by atoms with E-state index in [1.807, 2.05) is 6.92 Å². The van der Waals surface area contributed by atoms with Crippen LogP contribution in [-0.4, -0.2) is 29.5 Å². The first kappa shape index (κ1) is 17.3. The van der Waals surface area contributed by atoms with Crippen molar-refractivity contribution in [3.63, 3.8) is 0 Å². The predicted octanol–water partition coefficient (Wildman–Crippen LogP) is 2.03. The second kappa shape index (κ2) is 7.33. The van der Waals surface area contributed by atoms with Gasteiger partial charge in [0.2, 0.25) is 0 Å². The van der Waals surface area contributed by atoms with Gasteiger partial charge in [-0.25, -0.2) is 4.39 Å². The van der Waals surface area contributed by atoms with Crippen LogP contribution in [0.4, 0.5) is 10.1 Å². The summed E-state index contributed by atoms with van der Waals surface area (Å²) in [5, 5.41) is 16.7. The van der Waals surface area contributed by atoms with E-state index in [1.54, 1.807) is 0 Å². The van der Waals surface area contributed by atoms with Crippen LogP contribution in [0.2, 0.25) is 0 Å². The first-order valence-electron chi connectivity index (χ1n) is 6.45. The van der Waals surface area contributed by atoms with E-state index in [0.29, 0.717) is 6.04 Å². The molecule has 21 heavy (non-hydrogen) atoms. The molecule has 1 aromatic carbocycles. The molecule has 1 aliphatic heterocycles. The lowest BCUT2D eigenvalue weighted by Gasteiger charge is -2.28. The molecule has 0 spiro atoms. The first-order valence-corrected chi connectivity index (χ1v) is 6.45. The van der Waals surface area contributed by atoms with Gasteiger partial charge in [0.05, 0.1) is 11.0 Å². The van der Waals surface area contributed by atoms with Crippen LogP contribution in [-0.2, 0) is 0 Å². The van der Waals surface area contributed by atoms with Crippen LogP contribution in [0.25, 0.3) is 0 Å². The van der Waals surface area contributed by atoms with Gasteiger partial charge in [-0.3, -0.25) is 14.9 Å². The summed E-state index contributed by atoms with van der Waals surface area (Å²) in [6.07, 6.45) is 1.57. The van der Waals surface area contributed by atoms with E-state index < -0.39 is 22.3 Å². The van der Waals surface area contributed by atoms with Crippen LogP contribution in [0.5, 0.6) is 0 Å². The molecule has 1 saturated heterocycles. The molecule has 0 saturated carbocycles. The van der Waals surface area contributed by atoms with Crippen LogP contribution < -0.4 is 10.6 Å². The molecule has 0 aliphatic carbocycles. The van der Waals surface area contributed by atoms with Crippen molar-refractivity contribution in [2.75, 3.05) is 6.54 Å². The van der Waals surface area contributed by atoms with Gasteiger partial charge >= 0.3 is 0 Å². The number of carbonyl (C=O) groups is 1. The van der Waals surface area contributed by atoms with Gasteiger partial charge in [0.1, 0.15) is 5.82 Å². The molecular weight excluding hydrogens is 301 g/mol. The maximum atomic E-state index is 13.3. The van der Waals surface area contributed by atoms with Crippen molar-refractivity contribution in [2.45, 2.75) is 31.8 Å². The molecule has 2 rings (SSSR count). The number of hydrogen-bond acceptors (Lipinski definition) is 4. The normalized spacial score (nSPS) is 21.2. The highest BCUT2D eigenvalue weighted by atomic mass is 35.5. The maximum absolute atomic E-state index is 13.3. The lowest BCUT2D eigenvalue weighted by molar-refractivity contribution is -0.385. The van der Waals surface area contributed by atoms with Gasteiger partial charge in [-0.05, 0) is 32.4 Å². The number of nitrogens with one attached hydrogen (secondary N) is 2. The number of hydrogen-bond donors (Lipinski definition) is 2. The molecule has 1 aromatic rings. The summed E-state index contributed by atoms with van der Waals surface area (Å²) in [5.41, 5.74) is -0.447. The van der Waals surface area contributed by atoms with E-state index in [4.69, 9.17) is 0 Å². The van der Waals surface area contributed by atoms with E-state index in [-0.39, 0.29) is 24.0 Å². The van der Waals surface area contributed by atoms with Crippen LogP contribution in [0.15, 0.2) is 18.2 Å². The average molecular weight is 318 g/mol. The Balaban J connectivity index is 0.00000220. The molecule has 0 bridgehead atoms. The van der Waals surface area contributed by atoms with Gasteiger partial charge in [-0.15, -0.1) is 12.4 Å². The fourth-order valence-electron chi connectivity index (χ4n) is 2.34. The molecule has 0 aromatic heterocycles. The number of non-ortho nitro benzene ring substituents is 1. The number of nitro groups is 1. The van der Waals surface area contributed by atoms with Crippen molar-refractivity contribution in [3.8, 4) is 0 Å². The Kier molecular flexibility index (Phi) is 6.04. The second-order valence-corrected chi connectivity index (χ2v) is 5.01. The first-order chi connectivity index (χ1) is 9.45. The topological polar surface area (TPSA) is 84.3 Å². The molecule has 8 heteroatoms. The summed E-state index contributed by atoms with van der Waals surface area (Å²) >= 11 is 0. The molecular formula is C13H17ClFN3O3.